The van der Waals surface area contributed by atoms with Gasteiger partial charge in [-0.3, -0.25) is 4.79 Å². The minimum absolute atomic E-state index is 0.180. The minimum atomic E-state index is 0.180. The van der Waals surface area contributed by atoms with E-state index in [0.717, 1.165) is 45.1 Å². The molecule has 0 radical (unpaired) electrons. The van der Waals surface area contributed by atoms with Crippen molar-refractivity contribution < 1.29 is 9.90 Å². The van der Waals surface area contributed by atoms with Gasteiger partial charge in [0.1, 0.15) is 0 Å². The third-order valence-corrected chi connectivity index (χ3v) is 4.33. The van der Waals surface area contributed by atoms with Crippen molar-refractivity contribution in [2.75, 3.05) is 19.7 Å². The van der Waals surface area contributed by atoms with Gasteiger partial charge in [0.05, 0.1) is 0 Å². The van der Waals surface area contributed by atoms with E-state index in [2.05, 4.69) is 6.92 Å². The predicted octanol–water partition coefficient (Wildman–Crippen LogP) is 1.91. The summed E-state index contributed by atoms with van der Waals surface area (Å²) in [7, 11) is 0. The van der Waals surface area contributed by atoms with Crippen molar-refractivity contribution in [1.82, 2.24) is 4.90 Å². The maximum atomic E-state index is 12.3. The van der Waals surface area contributed by atoms with Crippen molar-refractivity contribution in [1.29, 1.82) is 0 Å². The second-order valence-electron chi connectivity index (χ2n) is 5.64. The van der Waals surface area contributed by atoms with E-state index in [0.29, 0.717) is 18.9 Å². The summed E-state index contributed by atoms with van der Waals surface area (Å²) in [6.07, 6.45) is 7.77. The normalized spacial score (nSPS) is 21.4. The molecule has 112 valence electrons. The summed E-state index contributed by atoms with van der Waals surface area (Å²) in [6, 6.07) is 0.265. The van der Waals surface area contributed by atoms with Crippen LogP contribution in [0.5, 0.6) is 0 Å². The van der Waals surface area contributed by atoms with Crippen LogP contribution in [-0.2, 0) is 4.79 Å². The van der Waals surface area contributed by atoms with E-state index >= 15 is 0 Å². The summed E-state index contributed by atoms with van der Waals surface area (Å²) < 4.78 is 0. The molecule has 1 fully saturated rings. The van der Waals surface area contributed by atoms with Crippen molar-refractivity contribution in [2.24, 2.45) is 11.7 Å². The highest BCUT2D eigenvalue weighted by Gasteiger charge is 2.26. The van der Waals surface area contributed by atoms with Crippen LogP contribution in [-0.4, -0.2) is 41.7 Å². The number of nitrogens with two attached hydrogens (primary N) is 1. The number of aliphatic hydroxyl groups is 1. The van der Waals surface area contributed by atoms with Gasteiger partial charge < -0.3 is 15.7 Å². The van der Waals surface area contributed by atoms with Crippen LogP contribution in [0.3, 0.4) is 0 Å². The van der Waals surface area contributed by atoms with E-state index in [9.17, 15) is 4.79 Å². The number of rotatable bonds is 8. The topological polar surface area (TPSA) is 66.6 Å². The number of amides is 1. The van der Waals surface area contributed by atoms with Crippen LogP contribution in [0.2, 0.25) is 0 Å². The molecule has 0 aromatic heterocycles. The maximum absolute atomic E-state index is 12.3. The van der Waals surface area contributed by atoms with E-state index in [4.69, 9.17) is 10.8 Å². The van der Waals surface area contributed by atoms with E-state index in [1.165, 1.54) is 6.42 Å². The Balaban J connectivity index is 2.41. The van der Waals surface area contributed by atoms with Gasteiger partial charge >= 0.3 is 0 Å². The monoisotopic (exact) mass is 270 g/mol. The number of piperidine rings is 1. The molecule has 0 spiro atoms. The number of hydrogen-bond donors (Lipinski definition) is 2. The fraction of sp³-hybridized carbons (Fsp3) is 0.933. The summed E-state index contributed by atoms with van der Waals surface area (Å²) in [6.45, 7) is 3.93. The molecule has 2 atom stereocenters. The van der Waals surface area contributed by atoms with Crippen LogP contribution in [0.1, 0.15) is 58.3 Å². The van der Waals surface area contributed by atoms with Crippen molar-refractivity contribution in [3.05, 3.63) is 0 Å². The maximum Gasteiger partial charge on any atom is 0.222 e. The molecule has 19 heavy (non-hydrogen) atoms. The standard InChI is InChI=1S/C15H30N2O2/c1-2-13(8-10-16)6-7-15(19)17-11-4-3-5-14(17)9-12-18/h13-14,18H,2-12,16H2,1H3. The fourth-order valence-electron chi connectivity index (χ4n) is 3.04. The first-order valence-corrected chi connectivity index (χ1v) is 7.83. The summed E-state index contributed by atoms with van der Waals surface area (Å²) in [5.74, 6) is 0.851. The Morgan fingerprint density at radius 1 is 1.42 bits per heavy atom. The molecule has 0 aromatic rings. The van der Waals surface area contributed by atoms with Gasteiger partial charge in [-0.15, -0.1) is 0 Å². The quantitative estimate of drug-likeness (QED) is 0.708. The Kier molecular flexibility index (Phi) is 8.07. The largest absolute Gasteiger partial charge is 0.396 e. The number of hydrogen-bond acceptors (Lipinski definition) is 3. The van der Waals surface area contributed by atoms with Gasteiger partial charge in [-0.05, 0) is 51.0 Å². The van der Waals surface area contributed by atoms with Crippen LogP contribution in [0.15, 0.2) is 0 Å². The first-order chi connectivity index (χ1) is 9.22. The fourth-order valence-corrected chi connectivity index (χ4v) is 3.04. The summed E-state index contributed by atoms with van der Waals surface area (Å²) in [5, 5.41) is 9.09. The highest BCUT2D eigenvalue weighted by molar-refractivity contribution is 5.76. The summed E-state index contributed by atoms with van der Waals surface area (Å²) in [5.41, 5.74) is 5.59. The number of likely N-dealkylation sites (tertiary alicyclic amines) is 1. The zero-order valence-electron chi connectivity index (χ0n) is 12.3. The third kappa shape index (κ3) is 5.49. The minimum Gasteiger partial charge on any atom is -0.396 e. The number of carbonyl (C=O) groups is 1. The van der Waals surface area contributed by atoms with Gasteiger partial charge in [0.25, 0.3) is 0 Å². The first-order valence-electron chi connectivity index (χ1n) is 7.83. The van der Waals surface area contributed by atoms with Crippen LogP contribution in [0.25, 0.3) is 0 Å². The second-order valence-corrected chi connectivity index (χ2v) is 5.64. The first kappa shape index (κ1) is 16.4. The zero-order chi connectivity index (χ0) is 14.1. The van der Waals surface area contributed by atoms with Gasteiger partial charge in [-0.2, -0.15) is 0 Å². The molecule has 3 N–H and O–H groups in total. The molecule has 4 nitrogen and oxygen atoms in total. The van der Waals surface area contributed by atoms with E-state index in [-0.39, 0.29) is 18.6 Å². The highest BCUT2D eigenvalue weighted by Crippen LogP contribution is 2.22. The van der Waals surface area contributed by atoms with E-state index in [1.54, 1.807) is 0 Å². The average Bonchev–Trinajstić information content (AvgIpc) is 2.44. The Morgan fingerprint density at radius 2 is 2.21 bits per heavy atom. The lowest BCUT2D eigenvalue weighted by atomic mass is 9.94. The van der Waals surface area contributed by atoms with Crippen molar-refractivity contribution in [3.8, 4) is 0 Å². The van der Waals surface area contributed by atoms with Gasteiger partial charge in [-0.25, -0.2) is 0 Å². The Morgan fingerprint density at radius 3 is 2.84 bits per heavy atom. The predicted molar refractivity (Wildman–Crippen MR) is 77.7 cm³/mol. The number of aliphatic hydroxyl groups excluding tert-OH is 1. The van der Waals surface area contributed by atoms with Gasteiger partial charge in [0.15, 0.2) is 0 Å². The molecule has 2 unspecified atom stereocenters. The SMILES string of the molecule is CCC(CCN)CCC(=O)N1CCCCC1CCO. The lowest BCUT2D eigenvalue weighted by Crippen LogP contribution is -2.44. The number of nitrogens with zero attached hydrogens (tertiary/aromatic N) is 1. The Bertz CT molecular complexity index is 257. The molecule has 1 heterocycles. The van der Waals surface area contributed by atoms with Gasteiger partial charge in [-0.1, -0.05) is 13.3 Å². The van der Waals surface area contributed by atoms with Crippen LogP contribution >= 0.6 is 0 Å². The molecular weight excluding hydrogens is 240 g/mol. The van der Waals surface area contributed by atoms with Crippen molar-refractivity contribution in [3.63, 3.8) is 0 Å². The van der Waals surface area contributed by atoms with Crippen LogP contribution in [0.4, 0.5) is 0 Å². The molecule has 0 aromatic carbocycles. The molecule has 0 saturated carbocycles. The van der Waals surface area contributed by atoms with Crippen molar-refractivity contribution >= 4 is 5.91 Å². The van der Waals surface area contributed by atoms with Gasteiger partial charge in [0, 0.05) is 25.6 Å². The molecule has 1 rings (SSSR count). The average molecular weight is 270 g/mol. The molecule has 1 amide bonds. The summed E-state index contributed by atoms with van der Waals surface area (Å²) >= 11 is 0. The Hall–Kier alpha value is -0.610. The smallest absolute Gasteiger partial charge is 0.222 e. The lowest BCUT2D eigenvalue weighted by Gasteiger charge is -2.36. The van der Waals surface area contributed by atoms with E-state index in [1.807, 2.05) is 4.90 Å². The van der Waals surface area contributed by atoms with Crippen LogP contribution in [0, 0.1) is 5.92 Å². The molecule has 0 aliphatic carbocycles. The molecule has 1 aliphatic rings. The highest BCUT2D eigenvalue weighted by atomic mass is 16.3. The summed E-state index contributed by atoms with van der Waals surface area (Å²) in [4.78, 5) is 14.3. The number of carbonyl (C=O) groups excluding carboxylic acids is 1. The van der Waals surface area contributed by atoms with Crippen LogP contribution < -0.4 is 5.73 Å². The molecule has 1 aliphatic heterocycles. The zero-order valence-corrected chi connectivity index (χ0v) is 12.3. The van der Waals surface area contributed by atoms with Gasteiger partial charge in [0.2, 0.25) is 5.91 Å². The lowest BCUT2D eigenvalue weighted by molar-refractivity contribution is -0.135. The second kappa shape index (κ2) is 9.32. The van der Waals surface area contributed by atoms with Crippen molar-refractivity contribution in [2.45, 2.75) is 64.3 Å². The molecule has 1 saturated heterocycles. The third-order valence-electron chi connectivity index (χ3n) is 4.33. The van der Waals surface area contributed by atoms with E-state index < -0.39 is 0 Å². The molecular formula is C15H30N2O2. The Labute approximate surface area is 117 Å². The molecule has 4 heteroatoms. The molecule has 0 bridgehead atoms.